The second-order valence-corrected chi connectivity index (χ2v) is 10.6. The molecular weight excluding hydrogens is 180 g/mol. The molecule has 0 N–H and O–H groups in total. The minimum Gasteiger partial charge on any atom is -0.353 e. The zero-order valence-corrected chi connectivity index (χ0v) is 10.9. The molecule has 1 atom stereocenters. The van der Waals surface area contributed by atoms with Gasteiger partial charge in [-0.3, -0.25) is 0 Å². The second kappa shape index (κ2) is 5.78. The van der Waals surface area contributed by atoms with E-state index in [1.165, 1.54) is 6.04 Å². The van der Waals surface area contributed by atoms with Crippen LogP contribution in [0.4, 0.5) is 0 Å². The molecule has 0 radical (unpaired) electrons. The van der Waals surface area contributed by atoms with Gasteiger partial charge >= 0.3 is 0 Å². The lowest BCUT2D eigenvalue weighted by Gasteiger charge is -2.20. The second-order valence-electron chi connectivity index (χ2n) is 4.93. The Hall–Kier alpha value is 0.137. The van der Waals surface area contributed by atoms with Gasteiger partial charge in [0.1, 0.15) is 0 Å². The molecule has 0 rings (SSSR count). The summed E-state index contributed by atoms with van der Waals surface area (Å²) < 4.78 is 11.0. The third kappa shape index (κ3) is 10.1. The van der Waals surface area contributed by atoms with Crippen LogP contribution in [0.3, 0.4) is 0 Å². The van der Waals surface area contributed by atoms with Crippen molar-refractivity contribution in [3.05, 3.63) is 0 Å². The van der Waals surface area contributed by atoms with Crippen LogP contribution < -0.4 is 0 Å². The van der Waals surface area contributed by atoms with Crippen molar-refractivity contribution in [2.45, 2.75) is 58.9 Å². The number of hydrogen-bond donors (Lipinski definition) is 0. The summed E-state index contributed by atoms with van der Waals surface area (Å²) in [5.41, 5.74) is 0. The van der Waals surface area contributed by atoms with Gasteiger partial charge in [0.2, 0.25) is 0 Å². The molecule has 0 spiro atoms. The molecule has 0 aliphatic carbocycles. The van der Waals surface area contributed by atoms with Crippen LogP contribution in [0.1, 0.15) is 20.8 Å². The Bertz CT molecular complexity index is 129. The first-order chi connectivity index (χ1) is 5.81. The predicted molar refractivity (Wildman–Crippen MR) is 59.8 cm³/mol. The van der Waals surface area contributed by atoms with Gasteiger partial charge in [0.05, 0.1) is 6.10 Å². The van der Waals surface area contributed by atoms with Crippen LogP contribution in [-0.4, -0.2) is 27.1 Å². The molecule has 0 aliphatic rings. The van der Waals surface area contributed by atoms with Gasteiger partial charge in [0.15, 0.2) is 6.29 Å². The fourth-order valence-corrected chi connectivity index (χ4v) is 1.68. The first-order valence-corrected chi connectivity index (χ1v) is 8.79. The molecule has 0 bridgehead atoms. The summed E-state index contributed by atoms with van der Waals surface area (Å²) in [5.74, 6) is 0. The molecule has 0 aromatic carbocycles. The van der Waals surface area contributed by atoms with Crippen molar-refractivity contribution >= 4 is 8.07 Å². The van der Waals surface area contributed by atoms with Crippen LogP contribution in [0, 0.1) is 0 Å². The fraction of sp³-hybridized carbons (Fsp3) is 1.00. The quantitative estimate of drug-likeness (QED) is 0.489. The molecule has 0 aromatic heterocycles. The average molecular weight is 204 g/mol. The molecule has 0 aromatic rings. The highest BCUT2D eigenvalue weighted by Gasteiger charge is 2.13. The van der Waals surface area contributed by atoms with E-state index in [4.69, 9.17) is 9.47 Å². The zero-order valence-electron chi connectivity index (χ0n) is 9.89. The maximum absolute atomic E-state index is 5.54. The van der Waals surface area contributed by atoms with Crippen molar-refractivity contribution < 1.29 is 9.47 Å². The molecule has 0 heterocycles. The number of hydrogen-bond acceptors (Lipinski definition) is 2. The van der Waals surface area contributed by atoms with Crippen LogP contribution in [0.25, 0.3) is 0 Å². The molecular formula is C10H24O2Si. The summed E-state index contributed by atoms with van der Waals surface area (Å²) in [6.07, 6.45) is 0.193. The van der Waals surface area contributed by atoms with Crippen molar-refractivity contribution in [3.63, 3.8) is 0 Å². The maximum atomic E-state index is 5.54. The highest BCUT2D eigenvalue weighted by atomic mass is 28.3. The predicted octanol–water partition coefficient (Wildman–Crippen LogP) is 3.11. The maximum Gasteiger partial charge on any atom is 0.155 e. The lowest BCUT2D eigenvalue weighted by atomic mass is 10.5. The minimum atomic E-state index is -0.945. The zero-order chi connectivity index (χ0) is 10.5. The molecule has 0 fully saturated rings. The van der Waals surface area contributed by atoms with Gasteiger partial charge in [0, 0.05) is 14.7 Å². The largest absolute Gasteiger partial charge is 0.353 e. The van der Waals surface area contributed by atoms with Crippen molar-refractivity contribution in [1.29, 1.82) is 0 Å². The summed E-state index contributed by atoms with van der Waals surface area (Å²) in [4.78, 5) is 0. The standard InChI is InChI=1S/C10H24O2Si/c1-9(2)12-10(3)11-7-8-13(4,5)6/h9-10H,7-8H2,1-6H3. The van der Waals surface area contributed by atoms with E-state index in [1.54, 1.807) is 0 Å². The van der Waals surface area contributed by atoms with E-state index in [-0.39, 0.29) is 12.4 Å². The fourth-order valence-electron chi connectivity index (χ4n) is 0.954. The van der Waals surface area contributed by atoms with Crippen LogP contribution in [0.5, 0.6) is 0 Å². The van der Waals surface area contributed by atoms with Crippen molar-refractivity contribution in [1.82, 2.24) is 0 Å². The first-order valence-electron chi connectivity index (χ1n) is 5.08. The molecule has 0 saturated heterocycles. The van der Waals surface area contributed by atoms with Gasteiger partial charge < -0.3 is 9.47 Å². The summed E-state index contributed by atoms with van der Waals surface area (Å²) in [7, 11) is -0.945. The van der Waals surface area contributed by atoms with Gasteiger partial charge in [-0.15, -0.1) is 0 Å². The Morgan fingerprint density at radius 2 is 1.62 bits per heavy atom. The molecule has 13 heavy (non-hydrogen) atoms. The minimum absolute atomic E-state index is 0.0589. The molecule has 0 amide bonds. The van der Waals surface area contributed by atoms with E-state index in [1.807, 2.05) is 20.8 Å². The SMILES string of the molecule is CC(C)OC(C)OCC[Si](C)(C)C. The van der Waals surface area contributed by atoms with Crippen LogP contribution in [0.2, 0.25) is 25.7 Å². The van der Waals surface area contributed by atoms with Crippen LogP contribution in [-0.2, 0) is 9.47 Å². The molecule has 1 unspecified atom stereocenters. The highest BCUT2D eigenvalue weighted by molar-refractivity contribution is 6.76. The van der Waals surface area contributed by atoms with Crippen molar-refractivity contribution in [2.75, 3.05) is 6.61 Å². The topological polar surface area (TPSA) is 18.5 Å². The molecule has 0 saturated carbocycles. The lowest BCUT2D eigenvalue weighted by Crippen LogP contribution is -2.25. The first kappa shape index (κ1) is 13.1. The molecule has 80 valence electrons. The Labute approximate surface area is 83.6 Å². The average Bonchev–Trinajstić information content (AvgIpc) is 1.81. The third-order valence-corrected chi connectivity index (χ3v) is 3.37. The van der Waals surface area contributed by atoms with Crippen LogP contribution >= 0.6 is 0 Å². The molecule has 0 aliphatic heterocycles. The smallest absolute Gasteiger partial charge is 0.155 e. The van der Waals surface area contributed by atoms with Gasteiger partial charge in [-0.05, 0) is 26.8 Å². The van der Waals surface area contributed by atoms with E-state index in [0.717, 1.165) is 6.61 Å². The molecule has 2 nitrogen and oxygen atoms in total. The summed E-state index contributed by atoms with van der Waals surface area (Å²) in [5, 5.41) is 0. The van der Waals surface area contributed by atoms with Crippen molar-refractivity contribution in [2.24, 2.45) is 0 Å². The van der Waals surface area contributed by atoms with E-state index in [2.05, 4.69) is 19.6 Å². The van der Waals surface area contributed by atoms with Crippen LogP contribution in [0.15, 0.2) is 0 Å². The van der Waals surface area contributed by atoms with Gasteiger partial charge in [0.25, 0.3) is 0 Å². The Balaban J connectivity index is 3.42. The van der Waals surface area contributed by atoms with Crippen molar-refractivity contribution in [3.8, 4) is 0 Å². The number of rotatable bonds is 6. The van der Waals surface area contributed by atoms with E-state index in [9.17, 15) is 0 Å². The van der Waals surface area contributed by atoms with Gasteiger partial charge in [-0.2, -0.15) is 0 Å². The Morgan fingerprint density at radius 3 is 2.00 bits per heavy atom. The summed E-state index contributed by atoms with van der Waals surface area (Å²) >= 11 is 0. The van der Waals surface area contributed by atoms with E-state index < -0.39 is 8.07 Å². The van der Waals surface area contributed by atoms with E-state index >= 15 is 0 Å². The monoisotopic (exact) mass is 204 g/mol. The van der Waals surface area contributed by atoms with Gasteiger partial charge in [-0.1, -0.05) is 19.6 Å². The summed E-state index contributed by atoms with van der Waals surface area (Å²) in [6, 6.07) is 1.21. The third-order valence-electron chi connectivity index (χ3n) is 1.67. The molecule has 3 heteroatoms. The van der Waals surface area contributed by atoms with E-state index in [0.29, 0.717) is 0 Å². The van der Waals surface area contributed by atoms with Gasteiger partial charge in [-0.25, -0.2) is 0 Å². The summed E-state index contributed by atoms with van der Waals surface area (Å²) in [6.45, 7) is 13.9. The highest BCUT2D eigenvalue weighted by Crippen LogP contribution is 2.09. The number of ether oxygens (including phenoxy) is 2. The Morgan fingerprint density at radius 1 is 1.08 bits per heavy atom. The normalized spacial score (nSPS) is 15.0. The Kier molecular flexibility index (Phi) is 5.84. The lowest BCUT2D eigenvalue weighted by molar-refractivity contribution is -0.148.